The fourth-order valence-electron chi connectivity index (χ4n) is 3.00. The van der Waals surface area contributed by atoms with Gasteiger partial charge in [-0.1, -0.05) is 15.9 Å². The summed E-state index contributed by atoms with van der Waals surface area (Å²) in [5.41, 5.74) is 0.827. The minimum Gasteiger partial charge on any atom is -0.394 e. The highest BCUT2D eigenvalue weighted by Gasteiger charge is 2.23. The number of anilines is 2. The number of piperidine rings is 1. The highest BCUT2D eigenvalue weighted by molar-refractivity contribution is 9.10. The number of aromatic nitrogens is 2. The van der Waals surface area contributed by atoms with Crippen molar-refractivity contribution in [3.8, 4) is 0 Å². The van der Waals surface area contributed by atoms with Crippen molar-refractivity contribution in [2.45, 2.75) is 31.8 Å². The van der Waals surface area contributed by atoms with Crippen molar-refractivity contribution in [1.82, 2.24) is 9.97 Å². The van der Waals surface area contributed by atoms with Crippen LogP contribution in [0.4, 0.5) is 16.0 Å². The van der Waals surface area contributed by atoms with Crippen LogP contribution >= 0.6 is 15.9 Å². The predicted octanol–water partition coefficient (Wildman–Crippen LogP) is 3.34. The topological polar surface area (TPSA) is 61.3 Å². The first-order valence-electron chi connectivity index (χ1n) is 8.04. The molecule has 1 unspecified atom stereocenters. The molecule has 0 aliphatic carbocycles. The van der Waals surface area contributed by atoms with E-state index in [0.717, 1.165) is 37.2 Å². The van der Waals surface area contributed by atoms with Gasteiger partial charge in [-0.25, -0.2) is 14.4 Å². The Morgan fingerprint density at radius 1 is 1.25 bits per heavy atom. The lowest BCUT2D eigenvalue weighted by molar-refractivity contribution is 0.239. The van der Waals surface area contributed by atoms with E-state index in [4.69, 9.17) is 0 Å². The van der Waals surface area contributed by atoms with E-state index in [0.29, 0.717) is 16.8 Å². The predicted molar refractivity (Wildman–Crippen MR) is 95.5 cm³/mol. The molecule has 3 rings (SSSR count). The average Bonchev–Trinajstić information content (AvgIpc) is 2.59. The van der Waals surface area contributed by atoms with Gasteiger partial charge in [-0.2, -0.15) is 0 Å². The molecule has 1 aromatic carbocycles. The lowest BCUT2D eigenvalue weighted by Crippen LogP contribution is -2.42. The van der Waals surface area contributed by atoms with Crippen molar-refractivity contribution in [1.29, 1.82) is 0 Å². The molecule has 1 saturated heterocycles. The van der Waals surface area contributed by atoms with Gasteiger partial charge in [0.1, 0.15) is 23.8 Å². The van der Waals surface area contributed by atoms with Crippen LogP contribution in [0, 0.1) is 5.82 Å². The van der Waals surface area contributed by atoms with Gasteiger partial charge in [0.15, 0.2) is 0 Å². The molecule has 128 valence electrons. The van der Waals surface area contributed by atoms with E-state index in [1.54, 1.807) is 0 Å². The second-order valence-electron chi connectivity index (χ2n) is 5.92. The van der Waals surface area contributed by atoms with Gasteiger partial charge in [-0.3, -0.25) is 0 Å². The van der Waals surface area contributed by atoms with Gasteiger partial charge in [-0.15, -0.1) is 0 Å². The monoisotopic (exact) mass is 394 g/mol. The normalized spacial score (nSPS) is 17.8. The molecule has 5 nitrogen and oxygen atoms in total. The zero-order chi connectivity index (χ0) is 16.9. The Kier molecular flexibility index (Phi) is 5.63. The average molecular weight is 395 g/mol. The third kappa shape index (κ3) is 4.21. The molecule has 1 aliphatic rings. The summed E-state index contributed by atoms with van der Waals surface area (Å²) in [6.07, 6.45) is 4.72. The molecule has 1 fully saturated rings. The minimum absolute atomic E-state index is 0.112. The van der Waals surface area contributed by atoms with E-state index in [1.165, 1.54) is 18.5 Å². The third-order valence-corrected chi connectivity index (χ3v) is 4.64. The number of halogens is 2. The van der Waals surface area contributed by atoms with Gasteiger partial charge in [0.25, 0.3) is 0 Å². The van der Waals surface area contributed by atoms with E-state index >= 15 is 0 Å². The Morgan fingerprint density at radius 3 is 2.92 bits per heavy atom. The molecule has 2 N–H and O–H groups in total. The van der Waals surface area contributed by atoms with Crippen LogP contribution in [-0.4, -0.2) is 34.3 Å². The largest absolute Gasteiger partial charge is 0.394 e. The number of hydrogen-bond donors (Lipinski definition) is 2. The van der Waals surface area contributed by atoms with Crippen LogP contribution < -0.4 is 10.2 Å². The standard InChI is InChI=1S/C17H20BrFN4O/c18-13-5-12(6-14(19)7-13)9-20-16-8-17(22-11-21-16)23-4-2-1-3-15(23)10-24/h5-8,11,15,24H,1-4,9-10H2,(H,20,21,22). The van der Waals surface area contributed by atoms with Gasteiger partial charge in [0.2, 0.25) is 0 Å². The fourth-order valence-corrected chi connectivity index (χ4v) is 3.51. The van der Waals surface area contributed by atoms with Crippen molar-refractivity contribution in [3.05, 3.63) is 46.4 Å². The lowest BCUT2D eigenvalue weighted by atomic mass is 10.0. The Balaban J connectivity index is 1.70. The van der Waals surface area contributed by atoms with E-state index in [2.05, 4.69) is 36.1 Å². The maximum absolute atomic E-state index is 13.4. The maximum Gasteiger partial charge on any atom is 0.134 e. The van der Waals surface area contributed by atoms with E-state index in [1.807, 2.05) is 12.1 Å². The van der Waals surface area contributed by atoms with Gasteiger partial charge < -0.3 is 15.3 Å². The fraction of sp³-hybridized carbons (Fsp3) is 0.412. The second kappa shape index (κ2) is 7.90. The number of rotatable bonds is 5. The van der Waals surface area contributed by atoms with Crippen molar-refractivity contribution in [3.63, 3.8) is 0 Å². The van der Waals surface area contributed by atoms with Crippen molar-refractivity contribution < 1.29 is 9.50 Å². The Morgan fingerprint density at radius 2 is 2.12 bits per heavy atom. The molecule has 1 atom stereocenters. The van der Waals surface area contributed by atoms with Crippen LogP contribution in [0.5, 0.6) is 0 Å². The maximum atomic E-state index is 13.4. The number of nitrogens with one attached hydrogen (secondary N) is 1. The molecule has 24 heavy (non-hydrogen) atoms. The van der Waals surface area contributed by atoms with Crippen LogP contribution in [0.15, 0.2) is 35.1 Å². The molecule has 2 aromatic rings. The zero-order valence-electron chi connectivity index (χ0n) is 13.3. The van der Waals surface area contributed by atoms with Gasteiger partial charge in [0.05, 0.1) is 12.6 Å². The minimum atomic E-state index is -0.274. The summed E-state index contributed by atoms with van der Waals surface area (Å²) in [6, 6.07) is 6.78. The highest BCUT2D eigenvalue weighted by atomic mass is 79.9. The molecular formula is C17H20BrFN4O. The second-order valence-corrected chi connectivity index (χ2v) is 6.83. The highest BCUT2D eigenvalue weighted by Crippen LogP contribution is 2.24. The summed E-state index contributed by atoms with van der Waals surface area (Å²) >= 11 is 3.29. The first-order valence-corrected chi connectivity index (χ1v) is 8.83. The number of hydrogen-bond acceptors (Lipinski definition) is 5. The van der Waals surface area contributed by atoms with Crippen molar-refractivity contribution >= 4 is 27.6 Å². The van der Waals surface area contributed by atoms with Crippen LogP contribution in [-0.2, 0) is 6.54 Å². The molecule has 0 amide bonds. The van der Waals surface area contributed by atoms with Crippen LogP contribution in [0.25, 0.3) is 0 Å². The number of nitrogens with zero attached hydrogens (tertiary/aromatic N) is 3. The van der Waals surface area contributed by atoms with Gasteiger partial charge in [-0.05, 0) is 43.0 Å². The first-order chi connectivity index (χ1) is 11.7. The summed E-state index contributed by atoms with van der Waals surface area (Å²) in [4.78, 5) is 10.7. The molecule has 1 aromatic heterocycles. The summed E-state index contributed by atoms with van der Waals surface area (Å²) in [7, 11) is 0. The smallest absolute Gasteiger partial charge is 0.134 e. The number of benzene rings is 1. The van der Waals surface area contributed by atoms with E-state index in [-0.39, 0.29) is 18.5 Å². The molecule has 7 heteroatoms. The zero-order valence-corrected chi connectivity index (χ0v) is 14.8. The van der Waals surface area contributed by atoms with Gasteiger partial charge in [0, 0.05) is 23.6 Å². The Bertz CT molecular complexity index is 680. The third-order valence-electron chi connectivity index (χ3n) is 4.18. The van der Waals surface area contributed by atoms with Crippen LogP contribution in [0.2, 0.25) is 0 Å². The molecule has 1 aliphatic heterocycles. The number of aliphatic hydroxyl groups is 1. The Labute approximate surface area is 149 Å². The van der Waals surface area contributed by atoms with Crippen LogP contribution in [0.1, 0.15) is 24.8 Å². The lowest BCUT2D eigenvalue weighted by Gasteiger charge is -2.35. The molecule has 0 saturated carbocycles. The Hall–Kier alpha value is -1.73. The van der Waals surface area contributed by atoms with E-state index < -0.39 is 0 Å². The summed E-state index contributed by atoms with van der Waals surface area (Å²) in [5.74, 6) is 1.22. The molecule has 0 spiro atoms. The van der Waals surface area contributed by atoms with Crippen molar-refractivity contribution in [2.24, 2.45) is 0 Å². The molecule has 0 bridgehead atoms. The summed E-state index contributed by atoms with van der Waals surface area (Å²) < 4.78 is 14.1. The van der Waals surface area contributed by atoms with E-state index in [9.17, 15) is 9.50 Å². The molecule has 2 heterocycles. The number of aliphatic hydroxyl groups excluding tert-OH is 1. The SMILES string of the molecule is OCC1CCCCN1c1cc(NCc2cc(F)cc(Br)c2)ncn1. The summed E-state index contributed by atoms with van der Waals surface area (Å²) in [6.45, 7) is 1.48. The van der Waals surface area contributed by atoms with Crippen LogP contribution in [0.3, 0.4) is 0 Å². The summed E-state index contributed by atoms with van der Waals surface area (Å²) in [5, 5.41) is 12.8. The van der Waals surface area contributed by atoms with Gasteiger partial charge >= 0.3 is 0 Å². The van der Waals surface area contributed by atoms with Crippen molar-refractivity contribution in [2.75, 3.05) is 23.4 Å². The molecule has 0 radical (unpaired) electrons. The first kappa shape index (κ1) is 17.1. The quantitative estimate of drug-likeness (QED) is 0.813. The molecular weight excluding hydrogens is 375 g/mol.